The zero-order chi connectivity index (χ0) is 13.1. The maximum atomic E-state index is 13.5. The van der Waals surface area contributed by atoms with E-state index in [4.69, 9.17) is 10.2 Å². The lowest BCUT2D eigenvalue weighted by molar-refractivity contribution is 0.0943. The summed E-state index contributed by atoms with van der Waals surface area (Å²) in [5.41, 5.74) is 5.61. The Balaban J connectivity index is 2.03. The Hall–Kier alpha value is -2.37. The van der Waals surface area contributed by atoms with Gasteiger partial charge in [0.05, 0.1) is 18.3 Å². The standard InChI is InChI=1S/C12H12FN3O2/c1-7-5-15-11(18-7)6-16-12(17)9-3-2-8(14)4-10(9)13/h2-5H,6,14H2,1H3,(H,16,17). The van der Waals surface area contributed by atoms with Gasteiger partial charge in [-0.1, -0.05) is 0 Å². The minimum atomic E-state index is -0.656. The molecule has 1 amide bonds. The van der Waals surface area contributed by atoms with Crippen LogP contribution in [0.1, 0.15) is 22.0 Å². The second kappa shape index (κ2) is 4.87. The Morgan fingerprint density at radius 2 is 2.33 bits per heavy atom. The highest BCUT2D eigenvalue weighted by atomic mass is 19.1. The fraction of sp³-hybridized carbons (Fsp3) is 0.167. The summed E-state index contributed by atoms with van der Waals surface area (Å²) in [7, 11) is 0. The highest BCUT2D eigenvalue weighted by Crippen LogP contribution is 2.11. The minimum absolute atomic E-state index is 0.0625. The van der Waals surface area contributed by atoms with Gasteiger partial charge in [0, 0.05) is 5.69 Å². The van der Waals surface area contributed by atoms with E-state index < -0.39 is 11.7 Å². The zero-order valence-corrected chi connectivity index (χ0v) is 9.74. The molecule has 2 aromatic rings. The van der Waals surface area contributed by atoms with Crippen LogP contribution in [0.5, 0.6) is 0 Å². The first-order valence-electron chi connectivity index (χ1n) is 5.31. The second-order valence-corrected chi connectivity index (χ2v) is 3.79. The molecule has 0 bridgehead atoms. The normalized spacial score (nSPS) is 10.3. The summed E-state index contributed by atoms with van der Waals surface area (Å²) in [6.45, 7) is 1.86. The van der Waals surface area contributed by atoms with Crippen molar-refractivity contribution in [3.05, 3.63) is 47.4 Å². The van der Waals surface area contributed by atoms with Crippen LogP contribution in [-0.2, 0) is 6.54 Å². The highest BCUT2D eigenvalue weighted by molar-refractivity contribution is 5.94. The van der Waals surface area contributed by atoms with Gasteiger partial charge in [0.15, 0.2) is 0 Å². The summed E-state index contributed by atoms with van der Waals surface area (Å²) in [6, 6.07) is 3.90. The van der Waals surface area contributed by atoms with E-state index in [0.717, 1.165) is 6.07 Å². The average molecular weight is 249 g/mol. The molecule has 0 aliphatic carbocycles. The monoisotopic (exact) mass is 249 g/mol. The fourth-order valence-corrected chi connectivity index (χ4v) is 1.45. The van der Waals surface area contributed by atoms with E-state index in [1.165, 1.54) is 12.1 Å². The van der Waals surface area contributed by atoms with Gasteiger partial charge in [-0.2, -0.15) is 0 Å². The van der Waals surface area contributed by atoms with Crippen LogP contribution in [0.4, 0.5) is 10.1 Å². The molecule has 0 saturated carbocycles. The number of nitrogens with two attached hydrogens (primary N) is 1. The molecule has 6 heteroatoms. The molecule has 0 radical (unpaired) electrons. The first-order chi connectivity index (χ1) is 8.56. The topological polar surface area (TPSA) is 81.2 Å². The smallest absolute Gasteiger partial charge is 0.254 e. The van der Waals surface area contributed by atoms with Gasteiger partial charge in [0.25, 0.3) is 5.91 Å². The lowest BCUT2D eigenvalue weighted by Gasteiger charge is -2.04. The van der Waals surface area contributed by atoms with Crippen molar-refractivity contribution in [2.24, 2.45) is 0 Å². The van der Waals surface area contributed by atoms with Crippen molar-refractivity contribution in [3.63, 3.8) is 0 Å². The van der Waals surface area contributed by atoms with Gasteiger partial charge >= 0.3 is 0 Å². The SMILES string of the molecule is Cc1cnc(CNC(=O)c2ccc(N)cc2F)o1. The number of nitrogen functional groups attached to an aromatic ring is 1. The molecular formula is C12H12FN3O2. The predicted octanol–water partition coefficient (Wildman–Crippen LogP) is 1.63. The first kappa shape index (κ1) is 12.1. The third kappa shape index (κ3) is 2.65. The van der Waals surface area contributed by atoms with Gasteiger partial charge < -0.3 is 15.5 Å². The molecule has 0 atom stereocenters. The number of anilines is 1. The van der Waals surface area contributed by atoms with Crippen LogP contribution in [0.2, 0.25) is 0 Å². The highest BCUT2D eigenvalue weighted by Gasteiger charge is 2.12. The molecule has 0 spiro atoms. The minimum Gasteiger partial charge on any atom is -0.444 e. The van der Waals surface area contributed by atoms with Gasteiger partial charge in [-0.3, -0.25) is 4.79 Å². The summed E-state index contributed by atoms with van der Waals surface area (Å²) in [4.78, 5) is 15.6. The van der Waals surface area contributed by atoms with Gasteiger partial charge in [0.2, 0.25) is 5.89 Å². The van der Waals surface area contributed by atoms with Crippen LogP contribution < -0.4 is 11.1 Å². The van der Waals surface area contributed by atoms with Gasteiger partial charge in [-0.25, -0.2) is 9.37 Å². The number of aryl methyl sites for hydroxylation is 1. The maximum absolute atomic E-state index is 13.5. The number of aromatic nitrogens is 1. The lowest BCUT2D eigenvalue weighted by atomic mass is 10.2. The Morgan fingerprint density at radius 1 is 1.56 bits per heavy atom. The molecule has 1 heterocycles. The molecule has 94 valence electrons. The number of carbonyl (C=O) groups is 1. The molecule has 0 aliphatic rings. The summed E-state index contributed by atoms with van der Waals surface area (Å²) in [5, 5.41) is 2.51. The number of hydrogen-bond donors (Lipinski definition) is 2. The number of hydrogen-bond acceptors (Lipinski definition) is 4. The van der Waals surface area contributed by atoms with Gasteiger partial charge in [-0.05, 0) is 25.1 Å². The van der Waals surface area contributed by atoms with E-state index >= 15 is 0 Å². The number of nitrogens with one attached hydrogen (secondary N) is 1. The Bertz CT molecular complexity index is 580. The fourth-order valence-electron chi connectivity index (χ4n) is 1.45. The molecular weight excluding hydrogens is 237 g/mol. The Kier molecular flexibility index (Phi) is 3.27. The third-order valence-corrected chi connectivity index (χ3v) is 2.31. The number of nitrogens with zero attached hydrogens (tertiary/aromatic N) is 1. The quantitative estimate of drug-likeness (QED) is 0.810. The van der Waals surface area contributed by atoms with Crippen molar-refractivity contribution in [2.45, 2.75) is 13.5 Å². The van der Waals surface area contributed by atoms with Crippen LogP contribution >= 0.6 is 0 Å². The number of benzene rings is 1. The molecule has 1 aromatic carbocycles. The zero-order valence-electron chi connectivity index (χ0n) is 9.74. The van der Waals surface area contributed by atoms with Gasteiger partial charge in [0.1, 0.15) is 11.6 Å². The molecule has 0 saturated heterocycles. The summed E-state index contributed by atoms with van der Waals surface area (Å²) in [5.74, 6) is -0.172. The van der Waals surface area contributed by atoms with E-state index in [1.54, 1.807) is 13.1 Å². The Labute approximate surface area is 103 Å². The van der Waals surface area contributed by atoms with Gasteiger partial charge in [-0.15, -0.1) is 0 Å². The molecule has 3 N–H and O–H groups in total. The molecule has 0 fully saturated rings. The van der Waals surface area contributed by atoms with Crippen molar-refractivity contribution in [2.75, 3.05) is 5.73 Å². The number of oxazole rings is 1. The molecule has 5 nitrogen and oxygen atoms in total. The number of carbonyl (C=O) groups excluding carboxylic acids is 1. The first-order valence-corrected chi connectivity index (χ1v) is 5.31. The van der Waals surface area contributed by atoms with Crippen molar-refractivity contribution in [1.29, 1.82) is 0 Å². The lowest BCUT2D eigenvalue weighted by Crippen LogP contribution is -2.24. The Morgan fingerprint density at radius 3 is 2.94 bits per heavy atom. The molecule has 0 aliphatic heterocycles. The van der Waals surface area contributed by atoms with E-state index in [0.29, 0.717) is 11.7 Å². The van der Waals surface area contributed by atoms with E-state index in [1.807, 2.05) is 0 Å². The predicted molar refractivity (Wildman–Crippen MR) is 63.2 cm³/mol. The third-order valence-electron chi connectivity index (χ3n) is 2.31. The summed E-state index contributed by atoms with van der Waals surface area (Å²) in [6.07, 6.45) is 1.55. The van der Waals surface area contributed by atoms with Crippen LogP contribution in [0, 0.1) is 12.7 Å². The molecule has 0 unspecified atom stereocenters. The molecule has 18 heavy (non-hydrogen) atoms. The molecule has 1 aromatic heterocycles. The number of halogens is 1. The number of rotatable bonds is 3. The van der Waals surface area contributed by atoms with Crippen molar-refractivity contribution in [1.82, 2.24) is 10.3 Å². The summed E-state index contributed by atoms with van der Waals surface area (Å²) < 4.78 is 18.6. The van der Waals surface area contributed by atoms with Crippen LogP contribution in [-0.4, -0.2) is 10.9 Å². The van der Waals surface area contributed by atoms with Crippen LogP contribution in [0.25, 0.3) is 0 Å². The maximum Gasteiger partial charge on any atom is 0.254 e. The van der Waals surface area contributed by atoms with Crippen molar-refractivity contribution < 1.29 is 13.6 Å². The van der Waals surface area contributed by atoms with E-state index in [-0.39, 0.29) is 17.8 Å². The summed E-state index contributed by atoms with van der Waals surface area (Å²) >= 11 is 0. The molecule has 2 rings (SSSR count). The largest absolute Gasteiger partial charge is 0.444 e. The van der Waals surface area contributed by atoms with E-state index in [9.17, 15) is 9.18 Å². The van der Waals surface area contributed by atoms with Crippen LogP contribution in [0.15, 0.2) is 28.8 Å². The number of amides is 1. The van der Waals surface area contributed by atoms with E-state index in [2.05, 4.69) is 10.3 Å². The van der Waals surface area contributed by atoms with Crippen molar-refractivity contribution in [3.8, 4) is 0 Å². The van der Waals surface area contributed by atoms with Crippen molar-refractivity contribution >= 4 is 11.6 Å². The second-order valence-electron chi connectivity index (χ2n) is 3.79. The van der Waals surface area contributed by atoms with Crippen LogP contribution in [0.3, 0.4) is 0 Å². The average Bonchev–Trinajstić information content (AvgIpc) is 2.72.